The van der Waals surface area contributed by atoms with E-state index in [-0.39, 0.29) is 29.9 Å². The molecule has 0 aliphatic rings. The van der Waals surface area contributed by atoms with Crippen LogP contribution in [0.5, 0.6) is 11.5 Å². The Labute approximate surface area is 124 Å². The van der Waals surface area contributed by atoms with Crippen molar-refractivity contribution in [1.29, 1.82) is 0 Å². The van der Waals surface area contributed by atoms with Crippen LogP contribution in [-0.4, -0.2) is 38.7 Å². The van der Waals surface area contributed by atoms with Gasteiger partial charge < -0.3 is 19.5 Å². The van der Waals surface area contributed by atoms with Crippen LogP contribution in [0.3, 0.4) is 0 Å². The first-order valence-corrected chi connectivity index (χ1v) is 6.70. The Morgan fingerprint density at radius 2 is 1.95 bits per heavy atom. The van der Waals surface area contributed by atoms with Gasteiger partial charge in [-0.3, -0.25) is 4.79 Å². The molecule has 0 heterocycles. The fourth-order valence-electron chi connectivity index (χ4n) is 1.68. The van der Waals surface area contributed by atoms with Gasteiger partial charge in [-0.2, -0.15) is 0 Å². The van der Waals surface area contributed by atoms with Crippen molar-refractivity contribution < 1.29 is 23.8 Å². The number of esters is 1. The molecule has 1 N–H and O–H groups in total. The maximum absolute atomic E-state index is 12.0. The van der Waals surface area contributed by atoms with Crippen LogP contribution in [0.1, 0.15) is 30.6 Å². The molecule has 0 aromatic heterocycles. The Hall–Kier alpha value is -2.24. The normalized spacial score (nSPS) is 11.4. The third-order valence-electron chi connectivity index (χ3n) is 2.98. The van der Waals surface area contributed by atoms with E-state index in [2.05, 4.69) is 5.32 Å². The summed E-state index contributed by atoms with van der Waals surface area (Å²) in [5.74, 6) is -0.257. The van der Waals surface area contributed by atoms with Crippen LogP contribution in [0, 0.1) is 0 Å². The highest BCUT2D eigenvalue weighted by atomic mass is 16.5. The van der Waals surface area contributed by atoms with Gasteiger partial charge in [0.2, 0.25) is 0 Å². The molecule has 0 aliphatic carbocycles. The van der Waals surface area contributed by atoms with Gasteiger partial charge >= 0.3 is 5.97 Å². The van der Waals surface area contributed by atoms with Gasteiger partial charge in [-0.15, -0.1) is 0 Å². The zero-order valence-electron chi connectivity index (χ0n) is 12.8. The number of hydrogen-bond acceptors (Lipinski definition) is 5. The number of carbonyl (C=O) groups excluding carboxylic acids is 2. The number of rotatable bonds is 7. The average molecular weight is 295 g/mol. The molecule has 21 heavy (non-hydrogen) atoms. The minimum atomic E-state index is -0.634. The lowest BCUT2D eigenvalue weighted by Gasteiger charge is -2.13. The van der Waals surface area contributed by atoms with Crippen LogP contribution in [-0.2, 0) is 9.53 Å². The molecule has 0 radical (unpaired) electrons. The van der Waals surface area contributed by atoms with Gasteiger partial charge in [-0.05, 0) is 25.5 Å². The van der Waals surface area contributed by atoms with Crippen molar-refractivity contribution in [3.8, 4) is 11.5 Å². The number of ether oxygens (including phenoxy) is 3. The van der Waals surface area contributed by atoms with Gasteiger partial charge in [-0.25, -0.2) is 4.79 Å². The summed E-state index contributed by atoms with van der Waals surface area (Å²) >= 11 is 0. The molecule has 6 heteroatoms. The van der Waals surface area contributed by atoms with E-state index in [1.54, 1.807) is 18.2 Å². The lowest BCUT2D eigenvalue weighted by molar-refractivity contribution is -0.124. The third-order valence-corrected chi connectivity index (χ3v) is 2.98. The molecule has 0 fully saturated rings. The zero-order valence-corrected chi connectivity index (χ0v) is 12.8. The molecule has 0 spiro atoms. The van der Waals surface area contributed by atoms with Crippen molar-refractivity contribution in [2.24, 2.45) is 0 Å². The predicted octanol–water partition coefficient (Wildman–Crippen LogP) is 1.78. The van der Waals surface area contributed by atoms with Crippen LogP contribution in [0.25, 0.3) is 0 Å². The summed E-state index contributed by atoms with van der Waals surface area (Å²) in [6, 6.07) is 4.92. The van der Waals surface area contributed by atoms with Gasteiger partial charge in [0.25, 0.3) is 5.91 Å². The second-order valence-corrected chi connectivity index (χ2v) is 4.49. The number of nitrogens with one attached hydrogen (secondary N) is 1. The summed E-state index contributed by atoms with van der Waals surface area (Å²) in [6.45, 7) is 3.51. The Morgan fingerprint density at radius 3 is 2.52 bits per heavy atom. The highest BCUT2D eigenvalue weighted by Gasteiger charge is 2.18. The van der Waals surface area contributed by atoms with E-state index in [4.69, 9.17) is 14.2 Å². The molecule has 116 valence electrons. The van der Waals surface area contributed by atoms with Gasteiger partial charge in [-0.1, -0.05) is 13.0 Å². The lowest BCUT2D eigenvalue weighted by Crippen LogP contribution is -2.35. The Balaban J connectivity index is 2.70. The fourth-order valence-corrected chi connectivity index (χ4v) is 1.68. The topological polar surface area (TPSA) is 73.9 Å². The molecule has 1 amide bonds. The van der Waals surface area contributed by atoms with Gasteiger partial charge in [0.05, 0.1) is 14.2 Å². The molecular formula is C15H21NO5. The molecule has 1 unspecified atom stereocenters. The first-order chi connectivity index (χ1) is 10.0. The number of hydrogen-bond donors (Lipinski definition) is 1. The van der Waals surface area contributed by atoms with Gasteiger partial charge in [0, 0.05) is 6.04 Å². The average Bonchev–Trinajstić information content (AvgIpc) is 2.51. The highest BCUT2D eigenvalue weighted by molar-refractivity contribution is 5.94. The summed E-state index contributed by atoms with van der Waals surface area (Å²) in [6.07, 6.45) is 0.809. The van der Waals surface area contributed by atoms with Crippen LogP contribution >= 0.6 is 0 Å². The molecule has 0 saturated carbocycles. The molecule has 1 aromatic carbocycles. The standard InChI is InChI=1S/C15H21NO5/c1-5-10(2)16-13(17)9-21-15(18)11-7-6-8-12(19-3)14(11)20-4/h6-8,10H,5,9H2,1-4H3,(H,16,17). The summed E-state index contributed by atoms with van der Waals surface area (Å²) < 4.78 is 15.2. The molecule has 0 aliphatic heterocycles. The number of methoxy groups -OCH3 is 2. The molecule has 1 rings (SSSR count). The summed E-state index contributed by atoms with van der Waals surface area (Å²) in [5, 5.41) is 2.72. The van der Waals surface area contributed by atoms with Crippen LogP contribution in [0.2, 0.25) is 0 Å². The first kappa shape index (κ1) is 16.8. The molecule has 0 bridgehead atoms. The quantitative estimate of drug-likeness (QED) is 0.776. The zero-order chi connectivity index (χ0) is 15.8. The van der Waals surface area contributed by atoms with Crippen LogP contribution in [0.15, 0.2) is 18.2 Å². The van der Waals surface area contributed by atoms with E-state index in [0.29, 0.717) is 5.75 Å². The third kappa shape index (κ3) is 4.66. The Bertz CT molecular complexity index is 501. The smallest absolute Gasteiger partial charge is 0.342 e. The maximum Gasteiger partial charge on any atom is 0.342 e. The van der Waals surface area contributed by atoms with Crippen molar-refractivity contribution in [3.05, 3.63) is 23.8 Å². The van der Waals surface area contributed by atoms with Crippen molar-refractivity contribution in [2.75, 3.05) is 20.8 Å². The summed E-state index contributed by atoms with van der Waals surface area (Å²) in [5.41, 5.74) is 0.216. The fraction of sp³-hybridized carbons (Fsp3) is 0.467. The second kappa shape index (κ2) is 8.14. The molecule has 1 aromatic rings. The van der Waals surface area contributed by atoms with E-state index in [1.165, 1.54) is 14.2 Å². The monoisotopic (exact) mass is 295 g/mol. The summed E-state index contributed by atoms with van der Waals surface area (Å²) in [4.78, 5) is 23.6. The Kier molecular flexibility index (Phi) is 6.52. The number of carbonyl (C=O) groups is 2. The van der Waals surface area contributed by atoms with Gasteiger partial charge in [0.15, 0.2) is 18.1 Å². The largest absolute Gasteiger partial charge is 0.493 e. The highest BCUT2D eigenvalue weighted by Crippen LogP contribution is 2.30. The molecule has 1 atom stereocenters. The molecular weight excluding hydrogens is 274 g/mol. The van der Waals surface area contributed by atoms with E-state index >= 15 is 0 Å². The first-order valence-electron chi connectivity index (χ1n) is 6.70. The predicted molar refractivity (Wildman–Crippen MR) is 77.7 cm³/mol. The second-order valence-electron chi connectivity index (χ2n) is 4.49. The number of amides is 1. The van der Waals surface area contributed by atoms with Crippen molar-refractivity contribution in [3.63, 3.8) is 0 Å². The molecule has 0 saturated heterocycles. The van der Waals surface area contributed by atoms with Crippen LogP contribution < -0.4 is 14.8 Å². The number of para-hydroxylation sites is 1. The Morgan fingerprint density at radius 1 is 1.24 bits per heavy atom. The summed E-state index contributed by atoms with van der Waals surface area (Å²) in [7, 11) is 2.91. The van der Waals surface area contributed by atoms with Crippen LogP contribution in [0.4, 0.5) is 0 Å². The molecule has 6 nitrogen and oxygen atoms in total. The van der Waals surface area contributed by atoms with E-state index < -0.39 is 5.97 Å². The van der Waals surface area contributed by atoms with E-state index in [0.717, 1.165) is 6.42 Å². The van der Waals surface area contributed by atoms with Crippen molar-refractivity contribution in [1.82, 2.24) is 5.32 Å². The minimum absolute atomic E-state index is 0.0440. The maximum atomic E-state index is 12.0. The van der Waals surface area contributed by atoms with Crippen molar-refractivity contribution >= 4 is 11.9 Å². The minimum Gasteiger partial charge on any atom is -0.493 e. The number of benzene rings is 1. The van der Waals surface area contributed by atoms with E-state index in [9.17, 15) is 9.59 Å². The van der Waals surface area contributed by atoms with Crippen molar-refractivity contribution in [2.45, 2.75) is 26.3 Å². The SMILES string of the molecule is CCC(C)NC(=O)COC(=O)c1cccc(OC)c1OC. The van der Waals surface area contributed by atoms with Gasteiger partial charge in [0.1, 0.15) is 5.56 Å². The lowest BCUT2D eigenvalue weighted by atomic mass is 10.2. The van der Waals surface area contributed by atoms with E-state index in [1.807, 2.05) is 13.8 Å².